The SMILES string of the molecule is CCCNCCC(=O)NCCc1ccc(OC)c(OC)c1. The fourth-order valence-corrected chi connectivity index (χ4v) is 1.97. The van der Waals surface area contributed by atoms with Crippen LogP contribution < -0.4 is 20.1 Å². The molecular formula is C16H26N2O3. The Balaban J connectivity index is 2.30. The zero-order valence-corrected chi connectivity index (χ0v) is 13.2. The number of carbonyl (C=O) groups excluding carboxylic acids is 1. The van der Waals surface area contributed by atoms with Crippen molar-refractivity contribution in [2.24, 2.45) is 0 Å². The van der Waals surface area contributed by atoms with Gasteiger partial charge in [-0.1, -0.05) is 13.0 Å². The molecule has 118 valence electrons. The van der Waals surface area contributed by atoms with Crippen molar-refractivity contribution in [1.29, 1.82) is 0 Å². The van der Waals surface area contributed by atoms with E-state index >= 15 is 0 Å². The molecule has 1 aromatic carbocycles. The molecule has 1 rings (SSSR count). The Morgan fingerprint density at radius 2 is 1.86 bits per heavy atom. The molecule has 21 heavy (non-hydrogen) atoms. The number of hydrogen-bond acceptors (Lipinski definition) is 4. The molecule has 2 N–H and O–H groups in total. The number of hydrogen-bond donors (Lipinski definition) is 2. The first-order valence-corrected chi connectivity index (χ1v) is 7.39. The predicted molar refractivity (Wildman–Crippen MR) is 84.0 cm³/mol. The number of amides is 1. The van der Waals surface area contributed by atoms with Crippen LogP contribution in [-0.2, 0) is 11.2 Å². The van der Waals surface area contributed by atoms with E-state index in [0.717, 1.165) is 31.5 Å². The summed E-state index contributed by atoms with van der Waals surface area (Å²) in [6.45, 7) is 4.42. The Kier molecular flexibility index (Phi) is 8.28. The first-order chi connectivity index (χ1) is 10.2. The predicted octanol–water partition coefficient (Wildman–Crippen LogP) is 1.75. The second-order valence-corrected chi connectivity index (χ2v) is 4.79. The van der Waals surface area contributed by atoms with Crippen LogP contribution in [0.1, 0.15) is 25.3 Å². The minimum Gasteiger partial charge on any atom is -0.493 e. The first-order valence-electron chi connectivity index (χ1n) is 7.39. The van der Waals surface area contributed by atoms with Gasteiger partial charge in [0.05, 0.1) is 14.2 Å². The third kappa shape index (κ3) is 6.49. The molecule has 5 nitrogen and oxygen atoms in total. The van der Waals surface area contributed by atoms with Crippen molar-refractivity contribution < 1.29 is 14.3 Å². The van der Waals surface area contributed by atoms with Crippen molar-refractivity contribution in [3.63, 3.8) is 0 Å². The van der Waals surface area contributed by atoms with E-state index in [2.05, 4.69) is 17.6 Å². The Bertz CT molecular complexity index is 436. The fraction of sp³-hybridized carbons (Fsp3) is 0.562. The summed E-state index contributed by atoms with van der Waals surface area (Å²) in [4.78, 5) is 11.6. The molecular weight excluding hydrogens is 268 g/mol. The molecule has 0 aliphatic carbocycles. The zero-order valence-electron chi connectivity index (χ0n) is 13.2. The molecule has 1 amide bonds. The van der Waals surface area contributed by atoms with Crippen LogP contribution in [-0.4, -0.2) is 39.8 Å². The van der Waals surface area contributed by atoms with Gasteiger partial charge in [-0.3, -0.25) is 4.79 Å². The van der Waals surface area contributed by atoms with Crippen LogP contribution in [0.25, 0.3) is 0 Å². The Morgan fingerprint density at radius 3 is 2.52 bits per heavy atom. The van der Waals surface area contributed by atoms with Gasteiger partial charge in [0.2, 0.25) is 5.91 Å². The van der Waals surface area contributed by atoms with Crippen molar-refractivity contribution in [2.45, 2.75) is 26.2 Å². The molecule has 5 heteroatoms. The molecule has 0 aliphatic heterocycles. The number of rotatable bonds is 10. The summed E-state index contributed by atoms with van der Waals surface area (Å²) >= 11 is 0. The third-order valence-electron chi connectivity index (χ3n) is 3.14. The van der Waals surface area contributed by atoms with Gasteiger partial charge >= 0.3 is 0 Å². The molecule has 0 unspecified atom stereocenters. The van der Waals surface area contributed by atoms with Crippen LogP contribution in [0.2, 0.25) is 0 Å². The van der Waals surface area contributed by atoms with Gasteiger partial charge in [0.15, 0.2) is 11.5 Å². The van der Waals surface area contributed by atoms with Crippen molar-refractivity contribution in [3.05, 3.63) is 23.8 Å². The van der Waals surface area contributed by atoms with E-state index in [1.165, 1.54) is 0 Å². The summed E-state index contributed by atoms with van der Waals surface area (Å²) in [7, 11) is 3.23. The second-order valence-electron chi connectivity index (χ2n) is 4.79. The summed E-state index contributed by atoms with van der Waals surface area (Å²) in [5.74, 6) is 1.51. The highest BCUT2D eigenvalue weighted by Crippen LogP contribution is 2.27. The lowest BCUT2D eigenvalue weighted by Crippen LogP contribution is -2.29. The van der Waals surface area contributed by atoms with E-state index in [-0.39, 0.29) is 5.91 Å². The lowest BCUT2D eigenvalue weighted by molar-refractivity contribution is -0.120. The van der Waals surface area contributed by atoms with E-state index < -0.39 is 0 Å². The molecule has 0 heterocycles. The number of methoxy groups -OCH3 is 2. The van der Waals surface area contributed by atoms with Crippen molar-refractivity contribution in [3.8, 4) is 11.5 Å². The largest absolute Gasteiger partial charge is 0.493 e. The quantitative estimate of drug-likeness (QED) is 0.646. The van der Waals surface area contributed by atoms with Gasteiger partial charge in [0.1, 0.15) is 0 Å². The Hall–Kier alpha value is -1.75. The summed E-state index contributed by atoms with van der Waals surface area (Å²) < 4.78 is 10.5. The average Bonchev–Trinajstić information content (AvgIpc) is 2.51. The van der Waals surface area contributed by atoms with Gasteiger partial charge in [-0.15, -0.1) is 0 Å². The Morgan fingerprint density at radius 1 is 1.10 bits per heavy atom. The van der Waals surface area contributed by atoms with Crippen molar-refractivity contribution in [1.82, 2.24) is 10.6 Å². The van der Waals surface area contributed by atoms with E-state index in [1.54, 1.807) is 14.2 Å². The summed E-state index contributed by atoms with van der Waals surface area (Å²) in [5.41, 5.74) is 1.11. The molecule has 0 spiro atoms. The van der Waals surface area contributed by atoms with Crippen molar-refractivity contribution in [2.75, 3.05) is 33.9 Å². The van der Waals surface area contributed by atoms with E-state index in [9.17, 15) is 4.79 Å². The molecule has 0 radical (unpaired) electrons. The van der Waals surface area contributed by atoms with Crippen LogP contribution in [0, 0.1) is 0 Å². The standard InChI is InChI=1S/C16H26N2O3/c1-4-9-17-10-8-16(19)18-11-7-13-5-6-14(20-2)15(12-13)21-3/h5-6,12,17H,4,7-11H2,1-3H3,(H,18,19). The van der Waals surface area contributed by atoms with Crippen molar-refractivity contribution >= 4 is 5.91 Å². The van der Waals surface area contributed by atoms with Crippen LogP contribution in [0.3, 0.4) is 0 Å². The van der Waals surface area contributed by atoms with Crippen LogP contribution in [0.5, 0.6) is 11.5 Å². The molecule has 1 aromatic rings. The number of benzene rings is 1. The van der Waals surface area contributed by atoms with Crippen LogP contribution in [0.4, 0.5) is 0 Å². The second kappa shape index (κ2) is 10.0. The molecule has 0 atom stereocenters. The summed E-state index contributed by atoms with van der Waals surface area (Å²) in [6, 6.07) is 5.80. The monoisotopic (exact) mass is 294 g/mol. The van der Waals surface area contributed by atoms with Gasteiger partial charge in [-0.2, -0.15) is 0 Å². The van der Waals surface area contributed by atoms with Gasteiger partial charge in [-0.25, -0.2) is 0 Å². The topological polar surface area (TPSA) is 59.6 Å². The number of carbonyl (C=O) groups is 1. The van der Waals surface area contributed by atoms with Crippen LogP contribution >= 0.6 is 0 Å². The summed E-state index contributed by atoms with van der Waals surface area (Å²) in [5, 5.41) is 6.13. The average molecular weight is 294 g/mol. The maximum atomic E-state index is 11.6. The van der Waals surface area contributed by atoms with Gasteiger partial charge in [0.25, 0.3) is 0 Å². The highest BCUT2D eigenvalue weighted by atomic mass is 16.5. The Labute approximate surface area is 127 Å². The fourth-order valence-electron chi connectivity index (χ4n) is 1.97. The molecule has 0 bridgehead atoms. The third-order valence-corrected chi connectivity index (χ3v) is 3.14. The minimum atomic E-state index is 0.0825. The molecule has 0 saturated carbocycles. The maximum absolute atomic E-state index is 11.6. The lowest BCUT2D eigenvalue weighted by Gasteiger charge is -2.10. The van der Waals surface area contributed by atoms with Gasteiger partial charge < -0.3 is 20.1 Å². The summed E-state index contributed by atoms with van der Waals surface area (Å²) in [6.07, 6.45) is 2.38. The minimum absolute atomic E-state index is 0.0825. The number of nitrogens with one attached hydrogen (secondary N) is 2. The first kappa shape index (κ1) is 17.3. The highest BCUT2D eigenvalue weighted by Gasteiger charge is 2.05. The van der Waals surface area contributed by atoms with Crippen LogP contribution in [0.15, 0.2) is 18.2 Å². The molecule has 0 aliphatic rings. The molecule has 0 saturated heterocycles. The normalized spacial score (nSPS) is 10.2. The van der Waals surface area contributed by atoms with Gasteiger partial charge in [-0.05, 0) is 37.1 Å². The molecule has 0 fully saturated rings. The van der Waals surface area contributed by atoms with E-state index in [4.69, 9.17) is 9.47 Å². The van der Waals surface area contributed by atoms with E-state index in [0.29, 0.717) is 24.5 Å². The maximum Gasteiger partial charge on any atom is 0.221 e. The van der Waals surface area contributed by atoms with Gasteiger partial charge in [0, 0.05) is 19.5 Å². The highest BCUT2D eigenvalue weighted by molar-refractivity contribution is 5.76. The smallest absolute Gasteiger partial charge is 0.221 e. The molecule has 0 aromatic heterocycles. The lowest BCUT2D eigenvalue weighted by atomic mass is 10.1. The van der Waals surface area contributed by atoms with E-state index in [1.807, 2.05) is 18.2 Å². The zero-order chi connectivity index (χ0) is 15.5. The number of ether oxygens (including phenoxy) is 2.